The maximum atomic E-state index is 8.62. The fraction of sp³-hybridized carbons (Fsp3) is 0.250. The van der Waals surface area contributed by atoms with Gasteiger partial charge in [-0.3, -0.25) is 0 Å². The second-order valence-electron chi connectivity index (χ2n) is 4.35. The third kappa shape index (κ3) is 3.99. The van der Waals surface area contributed by atoms with Gasteiger partial charge in [0, 0.05) is 12.7 Å². The summed E-state index contributed by atoms with van der Waals surface area (Å²) in [5.41, 5.74) is 2.07. The van der Waals surface area contributed by atoms with Crippen LogP contribution >= 0.6 is 0 Å². The van der Waals surface area contributed by atoms with Gasteiger partial charge in [0.25, 0.3) is 0 Å². The van der Waals surface area contributed by atoms with Crippen LogP contribution in [0.4, 0.5) is 5.82 Å². The summed E-state index contributed by atoms with van der Waals surface area (Å²) in [6.07, 6.45) is 2.20. The number of hydrogen-bond acceptors (Lipinski definition) is 4. The van der Waals surface area contributed by atoms with Crippen LogP contribution in [0.15, 0.2) is 42.6 Å². The predicted octanol–water partition coefficient (Wildman–Crippen LogP) is 3.16. The highest BCUT2D eigenvalue weighted by atomic mass is 16.5. The number of hydrogen-bond donors (Lipinski definition) is 1. The van der Waals surface area contributed by atoms with Crippen LogP contribution in [0, 0.1) is 11.3 Å². The molecule has 0 bridgehead atoms. The van der Waals surface area contributed by atoms with E-state index in [0.29, 0.717) is 13.0 Å². The molecule has 102 valence electrons. The molecule has 0 unspecified atom stereocenters. The molecule has 20 heavy (non-hydrogen) atoms. The molecule has 1 N–H and O–H groups in total. The summed E-state index contributed by atoms with van der Waals surface area (Å²) in [5.74, 6) is 1.66. The zero-order chi connectivity index (χ0) is 14.2. The van der Waals surface area contributed by atoms with Gasteiger partial charge in [-0.25, -0.2) is 4.98 Å². The Bertz CT molecular complexity index is 587. The van der Waals surface area contributed by atoms with Crippen LogP contribution in [0.3, 0.4) is 0 Å². The van der Waals surface area contributed by atoms with E-state index in [1.165, 1.54) is 0 Å². The number of nitriles is 1. The molecule has 1 heterocycles. The summed E-state index contributed by atoms with van der Waals surface area (Å²) < 4.78 is 5.72. The van der Waals surface area contributed by atoms with Gasteiger partial charge in [0.1, 0.15) is 18.2 Å². The zero-order valence-electron chi connectivity index (χ0n) is 11.5. The Kier molecular flexibility index (Phi) is 4.96. The molecule has 0 radical (unpaired) electrons. The Morgan fingerprint density at radius 2 is 2.00 bits per heavy atom. The average molecular weight is 267 g/mol. The molecule has 2 rings (SSSR count). The third-order valence-electron chi connectivity index (χ3n) is 2.79. The van der Waals surface area contributed by atoms with Crippen molar-refractivity contribution < 1.29 is 4.74 Å². The normalized spacial score (nSPS) is 9.80. The first-order valence-electron chi connectivity index (χ1n) is 6.59. The smallest absolute Gasteiger partial charge is 0.126 e. The number of aromatic nitrogens is 1. The van der Waals surface area contributed by atoms with Gasteiger partial charge < -0.3 is 10.1 Å². The van der Waals surface area contributed by atoms with Crippen molar-refractivity contribution in [2.45, 2.75) is 20.0 Å². The summed E-state index contributed by atoms with van der Waals surface area (Å²) in [4.78, 5) is 4.22. The van der Waals surface area contributed by atoms with E-state index in [-0.39, 0.29) is 0 Å². The Morgan fingerprint density at radius 3 is 2.70 bits per heavy atom. The molecule has 0 atom stereocenters. The lowest BCUT2D eigenvalue weighted by atomic mass is 10.2. The average Bonchev–Trinajstić information content (AvgIpc) is 2.48. The number of nitrogens with one attached hydrogen (secondary N) is 1. The van der Waals surface area contributed by atoms with Gasteiger partial charge in [0.05, 0.1) is 12.5 Å². The van der Waals surface area contributed by atoms with E-state index in [2.05, 4.69) is 16.4 Å². The quantitative estimate of drug-likeness (QED) is 0.873. The highest BCUT2D eigenvalue weighted by molar-refractivity contribution is 5.37. The minimum atomic E-state index is 0.427. The molecule has 0 saturated heterocycles. The molecule has 0 spiro atoms. The molecule has 1 aromatic heterocycles. The summed E-state index contributed by atoms with van der Waals surface area (Å²) >= 11 is 0. The van der Waals surface area contributed by atoms with E-state index in [0.717, 1.165) is 29.2 Å². The Balaban J connectivity index is 1.94. The number of rotatable bonds is 6. The van der Waals surface area contributed by atoms with E-state index < -0.39 is 0 Å². The molecule has 0 aliphatic carbocycles. The minimum absolute atomic E-state index is 0.427. The zero-order valence-corrected chi connectivity index (χ0v) is 11.5. The topological polar surface area (TPSA) is 57.9 Å². The van der Waals surface area contributed by atoms with Crippen molar-refractivity contribution in [1.29, 1.82) is 5.26 Å². The highest BCUT2D eigenvalue weighted by Gasteiger charge is 1.99. The number of benzene rings is 1. The first-order valence-corrected chi connectivity index (χ1v) is 6.59. The third-order valence-corrected chi connectivity index (χ3v) is 2.79. The Morgan fingerprint density at radius 1 is 1.20 bits per heavy atom. The van der Waals surface area contributed by atoms with Crippen molar-refractivity contribution in [3.63, 3.8) is 0 Å². The second-order valence-corrected chi connectivity index (χ2v) is 4.35. The molecular formula is C16H17N3O. The van der Waals surface area contributed by atoms with Crippen LogP contribution in [0.2, 0.25) is 0 Å². The number of anilines is 1. The van der Waals surface area contributed by atoms with Crippen LogP contribution < -0.4 is 10.1 Å². The van der Waals surface area contributed by atoms with Crippen LogP contribution in [0.5, 0.6) is 5.75 Å². The van der Waals surface area contributed by atoms with E-state index in [1.807, 2.05) is 43.3 Å². The Labute approximate surface area is 119 Å². The number of nitrogens with zero attached hydrogens (tertiary/aromatic N) is 2. The van der Waals surface area contributed by atoms with Crippen molar-refractivity contribution in [1.82, 2.24) is 4.98 Å². The van der Waals surface area contributed by atoms with E-state index in [9.17, 15) is 0 Å². The van der Waals surface area contributed by atoms with Crippen molar-refractivity contribution in [2.75, 3.05) is 11.9 Å². The fourth-order valence-corrected chi connectivity index (χ4v) is 1.80. The van der Waals surface area contributed by atoms with Crippen LogP contribution in [0.25, 0.3) is 0 Å². The monoisotopic (exact) mass is 267 g/mol. The molecule has 0 amide bonds. The van der Waals surface area contributed by atoms with Gasteiger partial charge in [0.2, 0.25) is 0 Å². The van der Waals surface area contributed by atoms with Gasteiger partial charge >= 0.3 is 0 Å². The van der Waals surface area contributed by atoms with Gasteiger partial charge in [-0.1, -0.05) is 12.1 Å². The molecular weight excluding hydrogens is 250 g/mol. The maximum Gasteiger partial charge on any atom is 0.126 e. The lowest BCUT2D eigenvalue weighted by molar-refractivity contribution is 0.306. The van der Waals surface area contributed by atoms with Crippen LogP contribution in [0.1, 0.15) is 18.1 Å². The number of pyridine rings is 1. The van der Waals surface area contributed by atoms with E-state index in [4.69, 9.17) is 10.00 Å². The van der Waals surface area contributed by atoms with Gasteiger partial charge in [-0.15, -0.1) is 0 Å². The minimum Gasteiger partial charge on any atom is -0.489 e. The maximum absolute atomic E-state index is 8.62. The lowest BCUT2D eigenvalue weighted by Crippen LogP contribution is -2.01. The number of ether oxygens (including phenoxy) is 1. The molecule has 0 aliphatic heterocycles. The van der Waals surface area contributed by atoms with Crippen molar-refractivity contribution in [2.24, 2.45) is 0 Å². The van der Waals surface area contributed by atoms with Crippen LogP contribution in [-0.2, 0) is 13.0 Å². The molecule has 4 nitrogen and oxygen atoms in total. The standard InChI is InChI=1S/C16H17N3O/c1-2-18-16-11-14(8-10-19-16)12-20-15-5-3-13(4-6-15)7-9-17/h3-6,8,10-11H,2,7,12H2,1H3,(H,18,19). The van der Waals surface area contributed by atoms with Crippen molar-refractivity contribution >= 4 is 5.82 Å². The molecule has 4 heteroatoms. The SMILES string of the molecule is CCNc1cc(COc2ccc(CC#N)cc2)ccn1. The molecule has 1 aromatic carbocycles. The highest BCUT2D eigenvalue weighted by Crippen LogP contribution is 2.15. The summed E-state index contributed by atoms with van der Waals surface area (Å²) in [7, 11) is 0. The molecule has 0 aliphatic rings. The molecule has 0 saturated carbocycles. The lowest BCUT2D eigenvalue weighted by Gasteiger charge is -2.08. The van der Waals surface area contributed by atoms with Gasteiger partial charge in [-0.2, -0.15) is 5.26 Å². The van der Waals surface area contributed by atoms with E-state index in [1.54, 1.807) is 6.20 Å². The fourth-order valence-electron chi connectivity index (χ4n) is 1.80. The van der Waals surface area contributed by atoms with Crippen molar-refractivity contribution in [3.8, 4) is 11.8 Å². The Hall–Kier alpha value is -2.54. The summed E-state index contributed by atoms with van der Waals surface area (Å²) in [6, 6.07) is 13.6. The predicted molar refractivity (Wildman–Crippen MR) is 78.5 cm³/mol. The molecule has 2 aromatic rings. The van der Waals surface area contributed by atoms with Gasteiger partial charge in [0.15, 0.2) is 0 Å². The van der Waals surface area contributed by atoms with E-state index >= 15 is 0 Å². The van der Waals surface area contributed by atoms with Crippen molar-refractivity contribution in [3.05, 3.63) is 53.7 Å². The van der Waals surface area contributed by atoms with Crippen LogP contribution in [-0.4, -0.2) is 11.5 Å². The molecule has 0 fully saturated rings. The van der Waals surface area contributed by atoms with Gasteiger partial charge in [-0.05, 0) is 42.3 Å². The summed E-state index contributed by atoms with van der Waals surface area (Å²) in [5, 5.41) is 11.8. The first-order chi connectivity index (χ1) is 9.81. The second kappa shape index (κ2) is 7.15. The summed E-state index contributed by atoms with van der Waals surface area (Å²) in [6.45, 7) is 3.38. The largest absolute Gasteiger partial charge is 0.489 e. The first kappa shape index (κ1) is 13.9.